The first-order valence-corrected chi connectivity index (χ1v) is 9.60. The highest BCUT2D eigenvalue weighted by molar-refractivity contribution is 5.77. The van der Waals surface area contributed by atoms with E-state index in [1.807, 2.05) is 42.7 Å². The number of aromatic nitrogens is 4. The Morgan fingerprint density at radius 1 is 0.862 bits per heavy atom. The Kier molecular flexibility index (Phi) is 5.16. The summed E-state index contributed by atoms with van der Waals surface area (Å²) in [6.45, 7) is 4.25. The highest BCUT2D eigenvalue weighted by atomic mass is 16.5. The van der Waals surface area contributed by atoms with Gasteiger partial charge in [-0.15, -0.1) is 0 Å². The van der Waals surface area contributed by atoms with E-state index in [1.165, 1.54) is 0 Å². The molecule has 0 unspecified atom stereocenters. The molecule has 2 heterocycles. The second-order valence-corrected chi connectivity index (χ2v) is 7.17. The van der Waals surface area contributed by atoms with Gasteiger partial charge >= 0.3 is 0 Å². The molecular formula is C23H24N4O2. The minimum absolute atomic E-state index is 0.257. The topological polar surface area (TPSA) is 62.1 Å². The molecule has 0 saturated heterocycles. The second kappa shape index (κ2) is 7.91. The molecule has 148 valence electrons. The summed E-state index contributed by atoms with van der Waals surface area (Å²) in [6.07, 6.45) is 2.51. The summed E-state index contributed by atoms with van der Waals surface area (Å²) in [5.41, 5.74) is 4.69. The van der Waals surface area contributed by atoms with Gasteiger partial charge in [0.25, 0.3) is 0 Å². The average Bonchev–Trinajstić information content (AvgIpc) is 3.19. The van der Waals surface area contributed by atoms with Gasteiger partial charge in [-0.1, -0.05) is 12.1 Å². The number of ether oxygens (including phenoxy) is 2. The molecule has 0 aliphatic carbocycles. The normalized spacial score (nSPS) is 11.2. The van der Waals surface area contributed by atoms with Gasteiger partial charge in [-0.2, -0.15) is 0 Å². The minimum atomic E-state index is 0.257. The molecule has 29 heavy (non-hydrogen) atoms. The van der Waals surface area contributed by atoms with E-state index in [1.54, 1.807) is 14.2 Å². The zero-order valence-electron chi connectivity index (χ0n) is 17.1. The van der Waals surface area contributed by atoms with Gasteiger partial charge in [0.15, 0.2) is 11.5 Å². The van der Waals surface area contributed by atoms with E-state index in [4.69, 9.17) is 19.4 Å². The number of methoxy groups -OCH3 is 2. The van der Waals surface area contributed by atoms with E-state index >= 15 is 0 Å². The van der Waals surface area contributed by atoms with E-state index in [-0.39, 0.29) is 6.04 Å². The van der Waals surface area contributed by atoms with Crippen molar-refractivity contribution in [3.8, 4) is 22.9 Å². The minimum Gasteiger partial charge on any atom is -0.497 e. The maximum Gasteiger partial charge on any atom is 0.164 e. The van der Waals surface area contributed by atoms with Crippen molar-refractivity contribution in [2.75, 3.05) is 14.2 Å². The van der Waals surface area contributed by atoms with Gasteiger partial charge in [0.2, 0.25) is 0 Å². The zero-order valence-corrected chi connectivity index (χ0v) is 17.1. The fourth-order valence-corrected chi connectivity index (χ4v) is 3.28. The molecule has 0 N–H and O–H groups in total. The average molecular weight is 388 g/mol. The first-order chi connectivity index (χ1) is 14.1. The van der Waals surface area contributed by atoms with Gasteiger partial charge in [0.05, 0.1) is 26.2 Å². The highest BCUT2D eigenvalue weighted by Crippen LogP contribution is 2.26. The summed E-state index contributed by atoms with van der Waals surface area (Å²) < 4.78 is 12.6. The standard InChI is InChI=1S/C23H24N4O2/c1-15(2)27-14-24-21-20(13-16-5-9-18(28-3)10-6-16)25-22(26-23(21)27)17-7-11-19(29-4)12-8-17/h5-12,14-15H,13H2,1-4H3. The Morgan fingerprint density at radius 3 is 2.07 bits per heavy atom. The summed E-state index contributed by atoms with van der Waals surface area (Å²) in [7, 11) is 3.33. The lowest BCUT2D eigenvalue weighted by molar-refractivity contribution is 0.414. The fraction of sp³-hybridized carbons (Fsp3) is 0.261. The summed E-state index contributed by atoms with van der Waals surface area (Å²) >= 11 is 0. The van der Waals surface area contributed by atoms with Crippen LogP contribution in [0.15, 0.2) is 54.9 Å². The Hall–Kier alpha value is -3.41. The molecule has 0 saturated carbocycles. The third-order valence-corrected chi connectivity index (χ3v) is 4.93. The number of imidazole rings is 1. The SMILES string of the molecule is COc1ccc(Cc2nc(-c3ccc(OC)cc3)nc3c2ncn3C(C)C)cc1. The van der Waals surface area contributed by atoms with Crippen LogP contribution >= 0.6 is 0 Å². The molecule has 2 aromatic heterocycles. The molecule has 0 bridgehead atoms. The number of hydrogen-bond acceptors (Lipinski definition) is 5. The van der Waals surface area contributed by atoms with Crippen LogP contribution in [0.25, 0.3) is 22.6 Å². The third-order valence-electron chi connectivity index (χ3n) is 4.93. The quantitative estimate of drug-likeness (QED) is 0.480. The lowest BCUT2D eigenvalue weighted by atomic mass is 10.1. The molecule has 0 fully saturated rings. The van der Waals surface area contributed by atoms with Gasteiger partial charge in [-0.05, 0) is 55.8 Å². The second-order valence-electron chi connectivity index (χ2n) is 7.17. The van der Waals surface area contributed by atoms with Crippen molar-refractivity contribution >= 4 is 11.2 Å². The highest BCUT2D eigenvalue weighted by Gasteiger charge is 2.16. The molecule has 4 rings (SSSR count). The van der Waals surface area contributed by atoms with Crippen LogP contribution in [0.2, 0.25) is 0 Å². The van der Waals surface area contributed by atoms with Gasteiger partial charge in [-0.3, -0.25) is 0 Å². The molecule has 4 aromatic rings. The first-order valence-electron chi connectivity index (χ1n) is 9.60. The van der Waals surface area contributed by atoms with Crippen LogP contribution < -0.4 is 9.47 Å². The summed E-state index contributed by atoms with van der Waals surface area (Å²) in [4.78, 5) is 14.3. The smallest absolute Gasteiger partial charge is 0.164 e. The maximum absolute atomic E-state index is 5.27. The molecule has 0 spiro atoms. The molecule has 0 atom stereocenters. The summed E-state index contributed by atoms with van der Waals surface area (Å²) in [6, 6.07) is 16.1. The van der Waals surface area contributed by atoms with Gasteiger partial charge in [-0.25, -0.2) is 15.0 Å². The van der Waals surface area contributed by atoms with Gasteiger partial charge in [0, 0.05) is 18.0 Å². The predicted molar refractivity (Wildman–Crippen MR) is 113 cm³/mol. The molecule has 0 aliphatic rings. The van der Waals surface area contributed by atoms with E-state index in [9.17, 15) is 0 Å². The van der Waals surface area contributed by atoms with Crippen LogP contribution in [-0.4, -0.2) is 33.7 Å². The van der Waals surface area contributed by atoms with E-state index in [0.717, 1.165) is 39.5 Å². The molecule has 6 nitrogen and oxygen atoms in total. The van der Waals surface area contributed by atoms with Gasteiger partial charge in [0.1, 0.15) is 17.0 Å². The third kappa shape index (κ3) is 3.78. The molecule has 0 aliphatic heterocycles. The van der Waals surface area contributed by atoms with Crippen LogP contribution in [0.1, 0.15) is 31.1 Å². The van der Waals surface area contributed by atoms with Crippen LogP contribution in [0, 0.1) is 0 Å². The van der Waals surface area contributed by atoms with Crippen molar-refractivity contribution in [1.29, 1.82) is 0 Å². The van der Waals surface area contributed by atoms with Gasteiger partial charge < -0.3 is 14.0 Å². The lowest BCUT2D eigenvalue weighted by Gasteiger charge is -2.11. The first kappa shape index (κ1) is 18.9. The number of hydrogen-bond donors (Lipinski definition) is 0. The van der Waals surface area contributed by atoms with Crippen molar-refractivity contribution in [2.24, 2.45) is 0 Å². The molecule has 0 radical (unpaired) electrons. The zero-order chi connectivity index (χ0) is 20.4. The maximum atomic E-state index is 5.27. The van der Waals surface area contributed by atoms with Crippen LogP contribution in [0.4, 0.5) is 0 Å². The monoisotopic (exact) mass is 388 g/mol. The number of fused-ring (bicyclic) bond motifs is 1. The largest absolute Gasteiger partial charge is 0.497 e. The van der Waals surface area contributed by atoms with Crippen LogP contribution in [-0.2, 0) is 6.42 Å². The number of benzene rings is 2. The van der Waals surface area contributed by atoms with Crippen molar-refractivity contribution in [2.45, 2.75) is 26.3 Å². The van der Waals surface area contributed by atoms with Crippen LogP contribution in [0.3, 0.4) is 0 Å². The molecular weight excluding hydrogens is 364 g/mol. The predicted octanol–water partition coefficient (Wildman–Crippen LogP) is 4.68. The van der Waals surface area contributed by atoms with E-state index in [2.05, 4.69) is 35.5 Å². The lowest BCUT2D eigenvalue weighted by Crippen LogP contribution is -2.04. The molecule has 6 heteroatoms. The Labute approximate surface area is 170 Å². The Morgan fingerprint density at radius 2 is 1.48 bits per heavy atom. The van der Waals surface area contributed by atoms with Crippen molar-refractivity contribution < 1.29 is 9.47 Å². The summed E-state index contributed by atoms with van der Waals surface area (Å²) in [5, 5.41) is 0. The number of nitrogens with zero attached hydrogens (tertiary/aromatic N) is 4. The number of rotatable bonds is 6. The van der Waals surface area contributed by atoms with E-state index in [0.29, 0.717) is 12.2 Å². The molecule has 2 aromatic carbocycles. The molecule has 0 amide bonds. The van der Waals surface area contributed by atoms with Crippen LogP contribution in [0.5, 0.6) is 11.5 Å². The van der Waals surface area contributed by atoms with Crippen molar-refractivity contribution in [1.82, 2.24) is 19.5 Å². The van der Waals surface area contributed by atoms with E-state index < -0.39 is 0 Å². The Bertz CT molecular complexity index is 1120. The Balaban J connectivity index is 1.82. The van der Waals surface area contributed by atoms with Crippen molar-refractivity contribution in [3.63, 3.8) is 0 Å². The fourth-order valence-electron chi connectivity index (χ4n) is 3.28. The summed E-state index contributed by atoms with van der Waals surface area (Å²) in [5.74, 6) is 2.33. The van der Waals surface area contributed by atoms with Crippen molar-refractivity contribution in [3.05, 3.63) is 66.1 Å².